The minimum atomic E-state index is -0.0246. The quantitative estimate of drug-likeness (QED) is 0.705. The summed E-state index contributed by atoms with van der Waals surface area (Å²) >= 11 is 1.93. The van der Waals surface area contributed by atoms with Crippen LogP contribution in [0.25, 0.3) is 0 Å². The van der Waals surface area contributed by atoms with Crippen molar-refractivity contribution in [1.82, 2.24) is 4.98 Å². The molecular formula is C10H13NO2S. The summed E-state index contributed by atoms with van der Waals surface area (Å²) in [5.41, 5.74) is 0.454. The molecule has 1 aliphatic heterocycles. The number of Topliss-reactive ketones (excluding diaryl/α,β-unsaturated/α-hetero) is 1. The van der Waals surface area contributed by atoms with Gasteiger partial charge in [0, 0.05) is 18.6 Å². The molecule has 1 aromatic heterocycles. The van der Waals surface area contributed by atoms with Crippen LogP contribution in [0, 0.1) is 0 Å². The van der Waals surface area contributed by atoms with E-state index in [1.54, 1.807) is 0 Å². The Balaban J connectivity index is 2.11. The molecule has 0 radical (unpaired) electrons. The summed E-state index contributed by atoms with van der Waals surface area (Å²) in [6.07, 6.45) is 3.81. The minimum Gasteiger partial charge on any atom is -0.448 e. The maximum absolute atomic E-state index is 11.0. The van der Waals surface area contributed by atoms with Gasteiger partial charge in [0.25, 0.3) is 0 Å². The first-order valence-electron chi connectivity index (χ1n) is 4.81. The third kappa shape index (κ3) is 2.00. The predicted octanol–water partition coefficient (Wildman–Crippen LogP) is 2.49. The molecule has 1 aliphatic rings. The maximum atomic E-state index is 11.0. The van der Waals surface area contributed by atoms with E-state index in [4.69, 9.17) is 4.42 Å². The zero-order chi connectivity index (χ0) is 9.97. The van der Waals surface area contributed by atoms with Crippen molar-refractivity contribution in [3.63, 3.8) is 0 Å². The number of ketones is 1. The summed E-state index contributed by atoms with van der Waals surface area (Å²) in [6.45, 7) is 1.51. The molecule has 2 rings (SSSR count). The lowest BCUT2D eigenvalue weighted by Gasteiger charge is -2.17. The number of carbonyl (C=O) groups is 1. The first-order chi connectivity index (χ1) is 6.77. The van der Waals surface area contributed by atoms with Crippen LogP contribution in [0.4, 0.5) is 0 Å². The first-order valence-corrected chi connectivity index (χ1v) is 5.97. The van der Waals surface area contributed by atoms with Crippen molar-refractivity contribution >= 4 is 17.5 Å². The van der Waals surface area contributed by atoms with E-state index in [1.807, 2.05) is 11.8 Å². The molecule has 1 unspecified atom stereocenters. The molecular weight excluding hydrogens is 198 g/mol. The molecule has 0 spiro atoms. The van der Waals surface area contributed by atoms with Crippen LogP contribution in [0.3, 0.4) is 0 Å². The van der Waals surface area contributed by atoms with Crippen molar-refractivity contribution in [3.05, 3.63) is 17.8 Å². The van der Waals surface area contributed by atoms with E-state index >= 15 is 0 Å². The number of aromatic nitrogens is 1. The van der Waals surface area contributed by atoms with Gasteiger partial charge in [0.05, 0.1) is 0 Å². The van der Waals surface area contributed by atoms with Gasteiger partial charge in [0.2, 0.25) is 0 Å². The van der Waals surface area contributed by atoms with Crippen molar-refractivity contribution in [2.45, 2.75) is 25.7 Å². The van der Waals surface area contributed by atoms with Crippen LogP contribution in [-0.4, -0.2) is 22.3 Å². The highest BCUT2D eigenvalue weighted by Gasteiger charge is 2.21. The molecule has 1 atom stereocenters. The van der Waals surface area contributed by atoms with Crippen molar-refractivity contribution in [1.29, 1.82) is 0 Å². The highest BCUT2D eigenvalue weighted by Crippen LogP contribution is 2.30. The van der Waals surface area contributed by atoms with E-state index < -0.39 is 0 Å². The van der Waals surface area contributed by atoms with Crippen LogP contribution in [0.1, 0.15) is 42.1 Å². The van der Waals surface area contributed by atoms with Crippen molar-refractivity contribution < 1.29 is 9.21 Å². The summed E-state index contributed by atoms with van der Waals surface area (Å²) in [5.74, 6) is 3.42. The predicted molar refractivity (Wildman–Crippen MR) is 55.8 cm³/mol. The van der Waals surface area contributed by atoms with Gasteiger partial charge in [-0.2, -0.15) is 11.8 Å². The van der Waals surface area contributed by atoms with Gasteiger partial charge >= 0.3 is 0 Å². The molecule has 14 heavy (non-hydrogen) atoms. The lowest BCUT2D eigenvalue weighted by atomic mass is 10.1. The second-order valence-electron chi connectivity index (χ2n) is 3.54. The van der Waals surface area contributed by atoms with Crippen LogP contribution in [0.2, 0.25) is 0 Å². The van der Waals surface area contributed by atoms with Crippen LogP contribution >= 0.6 is 11.8 Å². The topological polar surface area (TPSA) is 43.1 Å². The van der Waals surface area contributed by atoms with E-state index in [9.17, 15) is 4.79 Å². The number of nitrogens with zero attached hydrogens (tertiary/aromatic N) is 1. The van der Waals surface area contributed by atoms with Gasteiger partial charge in [0.1, 0.15) is 12.0 Å². The van der Waals surface area contributed by atoms with Gasteiger partial charge in [0.15, 0.2) is 11.7 Å². The summed E-state index contributed by atoms with van der Waals surface area (Å²) in [4.78, 5) is 15.2. The standard InChI is InChI=1S/C10H13NO2S/c1-7(12)9-5-13-10(11-9)8-3-2-4-14-6-8/h5,8H,2-4,6H2,1H3. The van der Waals surface area contributed by atoms with Gasteiger partial charge < -0.3 is 4.42 Å². The molecule has 3 nitrogen and oxygen atoms in total. The van der Waals surface area contributed by atoms with Gasteiger partial charge in [-0.1, -0.05) is 0 Å². The zero-order valence-corrected chi connectivity index (χ0v) is 8.97. The molecule has 76 valence electrons. The fourth-order valence-corrected chi connectivity index (χ4v) is 2.70. The summed E-state index contributed by atoms with van der Waals surface area (Å²) in [5, 5.41) is 0. The van der Waals surface area contributed by atoms with Gasteiger partial charge in [-0.05, 0) is 18.6 Å². The average Bonchev–Trinajstić information content (AvgIpc) is 2.68. The number of oxazole rings is 1. The molecule has 4 heteroatoms. The number of thioether (sulfide) groups is 1. The monoisotopic (exact) mass is 211 g/mol. The number of carbonyl (C=O) groups excluding carboxylic acids is 1. The highest BCUT2D eigenvalue weighted by atomic mass is 32.2. The molecule has 2 heterocycles. The Morgan fingerprint density at radius 3 is 3.14 bits per heavy atom. The van der Waals surface area contributed by atoms with Crippen LogP contribution in [0.5, 0.6) is 0 Å². The second kappa shape index (κ2) is 4.17. The Bertz CT molecular complexity index is 329. The number of hydrogen-bond donors (Lipinski definition) is 0. The Hall–Kier alpha value is -0.770. The lowest BCUT2D eigenvalue weighted by Crippen LogP contribution is -2.09. The van der Waals surface area contributed by atoms with E-state index in [2.05, 4.69) is 4.98 Å². The molecule has 0 bridgehead atoms. The molecule has 1 aromatic rings. The molecule has 0 aromatic carbocycles. The van der Waals surface area contributed by atoms with Crippen molar-refractivity contribution in [3.8, 4) is 0 Å². The molecule has 1 saturated heterocycles. The van der Waals surface area contributed by atoms with Gasteiger partial charge in [-0.15, -0.1) is 0 Å². The zero-order valence-electron chi connectivity index (χ0n) is 8.16. The Morgan fingerprint density at radius 1 is 1.71 bits per heavy atom. The van der Waals surface area contributed by atoms with Crippen LogP contribution in [0.15, 0.2) is 10.7 Å². The number of rotatable bonds is 2. The molecule has 1 fully saturated rings. The molecule has 0 saturated carbocycles. The Kier molecular flexibility index (Phi) is 2.91. The maximum Gasteiger partial charge on any atom is 0.198 e. The van der Waals surface area contributed by atoms with Crippen LogP contribution in [-0.2, 0) is 0 Å². The van der Waals surface area contributed by atoms with E-state index in [1.165, 1.54) is 25.4 Å². The third-order valence-corrected chi connectivity index (χ3v) is 3.61. The normalized spacial score (nSPS) is 22.2. The Labute approximate surface area is 87.3 Å². The second-order valence-corrected chi connectivity index (χ2v) is 4.69. The first kappa shape index (κ1) is 9.77. The molecule has 0 amide bonds. The van der Waals surface area contributed by atoms with Crippen molar-refractivity contribution in [2.75, 3.05) is 11.5 Å². The minimum absolute atomic E-state index is 0.0246. The van der Waals surface area contributed by atoms with Crippen molar-refractivity contribution in [2.24, 2.45) is 0 Å². The summed E-state index contributed by atoms with van der Waals surface area (Å²) in [7, 11) is 0. The van der Waals surface area contributed by atoms with E-state index in [0.717, 1.165) is 18.1 Å². The Morgan fingerprint density at radius 2 is 2.57 bits per heavy atom. The molecule has 0 aliphatic carbocycles. The fourth-order valence-electron chi connectivity index (χ4n) is 1.57. The van der Waals surface area contributed by atoms with E-state index in [-0.39, 0.29) is 5.78 Å². The van der Waals surface area contributed by atoms with Gasteiger partial charge in [-0.3, -0.25) is 4.79 Å². The third-order valence-electron chi connectivity index (χ3n) is 2.39. The summed E-state index contributed by atoms with van der Waals surface area (Å²) < 4.78 is 5.32. The highest BCUT2D eigenvalue weighted by molar-refractivity contribution is 7.99. The molecule has 0 N–H and O–H groups in total. The SMILES string of the molecule is CC(=O)c1coc(C2CCCSC2)n1. The van der Waals surface area contributed by atoms with E-state index in [0.29, 0.717) is 11.6 Å². The smallest absolute Gasteiger partial charge is 0.198 e. The fraction of sp³-hybridized carbons (Fsp3) is 0.600. The largest absolute Gasteiger partial charge is 0.448 e. The lowest BCUT2D eigenvalue weighted by molar-refractivity contribution is 0.101. The van der Waals surface area contributed by atoms with Gasteiger partial charge in [-0.25, -0.2) is 4.98 Å². The van der Waals surface area contributed by atoms with Crippen LogP contribution < -0.4 is 0 Å². The average molecular weight is 211 g/mol. The number of hydrogen-bond acceptors (Lipinski definition) is 4. The summed E-state index contributed by atoms with van der Waals surface area (Å²) in [6, 6.07) is 0.